The molecule has 0 fully saturated rings. The number of carbonyl (C=O) groups is 4. The lowest BCUT2D eigenvalue weighted by Crippen LogP contribution is -2.19. The van der Waals surface area contributed by atoms with Gasteiger partial charge >= 0.3 is 0 Å². The molecule has 0 spiro atoms. The molecule has 0 atom stereocenters. The first-order valence-corrected chi connectivity index (χ1v) is 14.6. The minimum atomic E-state index is -0.550. The van der Waals surface area contributed by atoms with Crippen molar-refractivity contribution in [3.8, 4) is 5.69 Å². The number of anilines is 4. The van der Waals surface area contributed by atoms with Crippen LogP contribution in [0.5, 0.6) is 0 Å². The standard InChI is InChI=1S/C33H35N7O5/c1-5-9-30(42)36-26-11-7-13-28(34-26)38-32(44)22-17-23(19-24(18-22)40-20(3)15-25(41)16-21(40)4)33(45)39-29-14-8-12-27(35-29)37-31(43)10-6-2/h7-8,11-19H,5-6,9-10H2,1-4H3,(H2,34,36,38,42,44)(H2,35,37,39,43,45). The van der Waals surface area contributed by atoms with Crippen LogP contribution in [0.3, 0.4) is 0 Å². The third kappa shape index (κ3) is 8.69. The van der Waals surface area contributed by atoms with Gasteiger partial charge in [-0.25, -0.2) is 9.97 Å². The van der Waals surface area contributed by atoms with Crippen LogP contribution in [0, 0.1) is 13.8 Å². The summed E-state index contributed by atoms with van der Waals surface area (Å²) in [6.45, 7) is 7.30. The highest BCUT2D eigenvalue weighted by Crippen LogP contribution is 2.21. The molecule has 0 aliphatic rings. The molecule has 0 bridgehead atoms. The Labute approximate surface area is 260 Å². The van der Waals surface area contributed by atoms with Crippen LogP contribution in [-0.4, -0.2) is 38.2 Å². The first kappa shape index (κ1) is 32.3. The van der Waals surface area contributed by atoms with E-state index in [2.05, 4.69) is 31.2 Å². The molecule has 12 nitrogen and oxygen atoms in total. The number of hydrogen-bond donors (Lipinski definition) is 4. The molecule has 0 unspecified atom stereocenters. The highest BCUT2D eigenvalue weighted by Gasteiger charge is 2.17. The highest BCUT2D eigenvalue weighted by atomic mass is 16.2. The van der Waals surface area contributed by atoms with Gasteiger partial charge in [-0.05, 0) is 69.2 Å². The van der Waals surface area contributed by atoms with E-state index >= 15 is 0 Å². The number of carbonyl (C=O) groups excluding carboxylic acids is 4. The van der Waals surface area contributed by atoms with Crippen LogP contribution in [-0.2, 0) is 9.59 Å². The Kier molecular flexibility index (Phi) is 10.5. The second-order valence-electron chi connectivity index (χ2n) is 10.4. The minimum absolute atomic E-state index is 0.144. The number of amides is 4. The van der Waals surface area contributed by atoms with Crippen molar-refractivity contribution in [1.29, 1.82) is 0 Å². The summed E-state index contributed by atoms with van der Waals surface area (Å²) in [4.78, 5) is 71.8. The lowest BCUT2D eigenvalue weighted by atomic mass is 10.1. The third-order valence-corrected chi connectivity index (χ3v) is 6.58. The zero-order valence-corrected chi connectivity index (χ0v) is 25.6. The summed E-state index contributed by atoms with van der Waals surface area (Å²) >= 11 is 0. The fourth-order valence-electron chi connectivity index (χ4n) is 4.66. The van der Waals surface area contributed by atoms with E-state index in [1.807, 2.05) is 13.8 Å². The monoisotopic (exact) mass is 609 g/mol. The van der Waals surface area contributed by atoms with E-state index in [-0.39, 0.29) is 40.0 Å². The third-order valence-electron chi connectivity index (χ3n) is 6.58. The molecule has 4 amide bonds. The number of aromatic nitrogens is 3. The molecule has 0 aliphatic heterocycles. The Morgan fingerprint density at radius 2 is 1.02 bits per heavy atom. The average Bonchev–Trinajstić information content (AvgIpc) is 2.97. The van der Waals surface area contributed by atoms with E-state index in [0.29, 0.717) is 54.4 Å². The van der Waals surface area contributed by atoms with Gasteiger partial charge in [0.25, 0.3) is 11.8 Å². The van der Waals surface area contributed by atoms with Gasteiger partial charge in [-0.2, -0.15) is 0 Å². The van der Waals surface area contributed by atoms with Crippen LogP contribution in [0.4, 0.5) is 23.3 Å². The molecule has 0 saturated heterocycles. The van der Waals surface area contributed by atoms with Crippen LogP contribution < -0.4 is 26.7 Å². The van der Waals surface area contributed by atoms with Gasteiger partial charge in [-0.3, -0.25) is 24.0 Å². The first-order valence-electron chi connectivity index (χ1n) is 14.6. The fraction of sp³-hybridized carbons (Fsp3) is 0.242. The van der Waals surface area contributed by atoms with Gasteiger partial charge in [0.05, 0.1) is 0 Å². The summed E-state index contributed by atoms with van der Waals surface area (Å²) in [5, 5.41) is 10.9. The Morgan fingerprint density at radius 1 is 0.622 bits per heavy atom. The SMILES string of the molecule is CCCC(=O)Nc1cccc(NC(=O)c2cc(C(=O)Nc3cccc(NC(=O)CCC)n3)cc(-n3c(C)cc(=O)cc3C)c2)n1. The average molecular weight is 610 g/mol. The number of nitrogens with zero attached hydrogens (tertiary/aromatic N) is 3. The van der Waals surface area contributed by atoms with Crippen LogP contribution in [0.1, 0.15) is 71.6 Å². The zero-order chi connectivity index (χ0) is 32.5. The molecule has 3 aromatic heterocycles. The molecule has 0 aliphatic carbocycles. The molecular formula is C33H35N7O5. The van der Waals surface area contributed by atoms with Gasteiger partial charge in [0, 0.05) is 53.2 Å². The predicted octanol–water partition coefficient (Wildman–Crippen LogP) is 5.23. The molecular weight excluding hydrogens is 574 g/mol. The van der Waals surface area contributed by atoms with Crippen LogP contribution >= 0.6 is 0 Å². The topological polar surface area (TPSA) is 164 Å². The molecule has 4 N–H and O–H groups in total. The normalized spacial score (nSPS) is 10.6. The molecule has 4 aromatic rings. The Bertz CT molecular complexity index is 1690. The number of pyridine rings is 3. The largest absolute Gasteiger partial charge is 0.318 e. The lowest BCUT2D eigenvalue weighted by Gasteiger charge is -2.17. The first-order chi connectivity index (χ1) is 21.6. The van der Waals surface area contributed by atoms with Crippen molar-refractivity contribution < 1.29 is 19.2 Å². The van der Waals surface area contributed by atoms with Crippen LogP contribution in [0.15, 0.2) is 71.5 Å². The second-order valence-corrected chi connectivity index (χ2v) is 10.4. The maximum atomic E-state index is 13.5. The maximum absolute atomic E-state index is 13.5. The molecule has 0 radical (unpaired) electrons. The summed E-state index contributed by atoms with van der Waals surface area (Å²) < 4.78 is 1.76. The van der Waals surface area contributed by atoms with E-state index in [9.17, 15) is 24.0 Å². The lowest BCUT2D eigenvalue weighted by molar-refractivity contribution is -0.117. The van der Waals surface area contributed by atoms with E-state index in [0.717, 1.165) is 0 Å². The van der Waals surface area contributed by atoms with Gasteiger partial charge in [0.15, 0.2) is 5.43 Å². The predicted molar refractivity (Wildman–Crippen MR) is 173 cm³/mol. The number of benzene rings is 1. The van der Waals surface area contributed by atoms with E-state index in [4.69, 9.17) is 0 Å². The van der Waals surface area contributed by atoms with Gasteiger partial charge in [0.1, 0.15) is 23.3 Å². The van der Waals surface area contributed by atoms with Gasteiger partial charge in [0.2, 0.25) is 11.8 Å². The number of nitrogens with one attached hydrogen (secondary N) is 4. The van der Waals surface area contributed by atoms with Crippen molar-refractivity contribution in [3.05, 3.63) is 99.5 Å². The van der Waals surface area contributed by atoms with Crippen molar-refractivity contribution >= 4 is 46.9 Å². The number of rotatable bonds is 11. The van der Waals surface area contributed by atoms with Gasteiger partial charge in [-0.15, -0.1) is 0 Å². The van der Waals surface area contributed by atoms with Crippen molar-refractivity contribution in [2.75, 3.05) is 21.3 Å². The van der Waals surface area contributed by atoms with Gasteiger partial charge in [-0.1, -0.05) is 26.0 Å². The molecule has 0 saturated carbocycles. The summed E-state index contributed by atoms with van der Waals surface area (Å²) in [6, 6.07) is 17.3. The maximum Gasteiger partial charge on any atom is 0.256 e. The minimum Gasteiger partial charge on any atom is -0.318 e. The molecule has 4 rings (SSSR count). The number of hydrogen-bond acceptors (Lipinski definition) is 7. The van der Waals surface area contributed by atoms with E-state index < -0.39 is 11.8 Å². The Hall–Kier alpha value is -5.65. The molecule has 12 heteroatoms. The van der Waals surface area contributed by atoms with E-state index in [1.165, 1.54) is 18.2 Å². The number of aryl methyl sites for hydroxylation is 2. The zero-order valence-electron chi connectivity index (χ0n) is 25.6. The van der Waals surface area contributed by atoms with Crippen molar-refractivity contribution in [3.63, 3.8) is 0 Å². The van der Waals surface area contributed by atoms with Crippen molar-refractivity contribution in [2.45, 2.75) is 53.4 Å². The Balaban J connectivity index is 1.67. The summed E-state index contributed by atoms with van der Waals surface area (Å²) in [5.41, 5.74) is 1.82. The van der Waals surface area contributed by atoms with Crippen LogP contribution in [0.25, 0.3) is 5.69 Å². The van der Waals surface area contributed by atoms with Crippen molar-refractivity contribution in [1.82, 2.24) is 14.5 Å². The van der Waals surface area contributed by atoms with E-state index in [1.54, 1.807) is 66.9 Å². The second kappa shape index (κ2) is 14.7. The van der Waals surface area contributed by atoms with Gasteiger partial charge < -0.3 is 25.8 Å². The summed E-state index contributed by atoms with van der Waals surface area (Å²) in [7, 11) is 0. The smallest absolute Gasteiger partial charge is 0.256 e. The fourth-order valence-corrected chi connectivity index (χ4v) is 4.66. The molecule has 3 heterocycles. The van der Waals surface area contributed by atoms with Crippen molar-refractivity contribution in [2.24, 2.45) is 0 Å². The van der Waals surface area contributed by atoms with Crippen LogP contribution in [0.2, 0.25) is 0 Å². The highest BCUT2D eigenvalue weighted by molar-refractivity contribution is 6.09. The molecule has 1 aromatic carbocycles. The quantitative estimate of drug-likeness (QED) is 0.181. The summed E-state index contributed by atoms with van der Waals surface area (Å²) in [5.74, 6) is -0.490. The Morgan fingerprint density at radius 3 is 1.42 bits per heavy atom. The molecule has 232 valence electrons. The summed E-state index contributed by atoms with van der Waals surface area (Å²) in [6.07, 6.45) is 2.04. The molecule has 45 heavy (non-hydrogen) atoms.